The molecule has 4 rings (SSSR count). The Kier molecular flexibility index (Phi) is 4.42. The van der Waals surface area contributed by atoms with Gasteiger partial charge in [-0.25, -0.2) is 0 Å². The SMILES string of the molecule is COc1ccc(CN2CC[C@@H]3Oc4ccc(Br)cc4C[C@@H]3C2=O)cc1. The van der Waals surface area contributed by atoms with Gasteiger partial charge in [0.25, 0.3) is 0 Å². The molecule has 0 bridgehead atoms. The van der Waals surface area contributed by atoms with Crippen molar-refractivity contribution < 1.29 is 14.3 Å². The topological polar surface area (TPSA) is 38.8 Å². The number of fused-ring (bicyclic) bond motifs is 2. The van der Waals surface area contributed by atoms with Crippen LogP contribution in [-0.2, 0) is 17.8 Å². The summed E-state index contributed by atoms with van der Waals surface area (Å²) in [7, 11) is 1.66. The van der Waals surface area contributed by atoms with Crippen molar-refractivity contribution in [2.24, 2.45) is 5.92 Å². The van der Waals surface area contributed by atoms with E-state index in [1.54, 1.807) is 7.11 Å². The van der Waals surface area contributed by atoms with Gasteiger partial charge in [0, 0.05) is 24.0 Å². The van der Waals surface area contributed by atoms with Gasteiger partial charge in [-0.05, 0) is 47.9 Å². The number of carbonyl (C=O) groups is 1. The fraction of sp³-hybridized carbons (Fsp3) is 0.350. The van der Waals surface area contributed by atoms with E-state index in [0.29, 0.717) is 6.54 Å². The highest BCUT2D eigenvalue weighted by molar-refractivity contribution is 9.10. The first-order valence-corrected chi connectivity index (χ1v) is 9.30. The average molecular weight is 402 g/mol. The number of hydrogen-bond acceptors (Lipinski definition) is 3. The molecule has 1 fully saturated rings. The summed E-state index contributed by atoms with van der Waals surface area (Å²) in [6.45, 7) is 1.37. The van der Waals surface area contributed by atoms with Gasteiger partial charge in [0.2, 0.25) is 5.91 Å². The summed E-state index contributed by atoms with van der Waals surface area (Å²) in [4.78, 5) is 14.9. The molecule has 5 heteroatoms. The molecule has 0 unspecified atom stereocenters. The molecule has 0 aliphatic carbocycles. The van der Waals surface area contributed by atoms with Crippen molar-refractivity contribution >= 4 is 21.8 Å². The highest BCUT2D eigenvalue weighted by Gasteiger charge is 2.41. The van der Waals surface area contributed by atoms with Gasteiger partial charge in [-0.15, -0.1) is 0 Å². The summed E-state index contributed by atoms with van der Waals surface area (Å²) < 4.78 is 12.3. The van der Waals surface area contributed by atoms with Gasteiger partial charge in [-0.2, -0.15) is 0 Å². The van der Waals surface area contributed by atoms with E-state index in [4.69, 9.17) is 9.47 Å². The average Bonchev–Trinajstić information content (AvgIpc) is 2.63. The molecule has 2 aliphatic rings. The lowest BCUT2D eigenvalue weighted by Gasteiger charge is -2.41. The van der Waals surface area contributed by atoms with Gasteiger partial charge >= 0.3 is 0 Å². The summed E-state index contributed by atoms with van der Waals surface area (Å²) in [6.07, 6.45) is 1.62. The van der Waals surface area contributed by atoms with E-state index in [1.807, 2.05) is 41.3 Å². The third-order valence-electron chi connectivity index (χ3n) is 5.03. The van der Waals surface area contributed by atoms with E-state index in [0.717, 1.165) is 46.5 Å². The largest absolute Gasteiger partial charge is 0.497 e. The minimum absolute atomic E-state index is 0.00621. The lowest BCUT2D eigenvalue weighted by Crippen LogP contribution is -2.51. The lowest BCUT2D eigenvalue weighted by atomic mass is 9.85. The minimum Gasteiger partial charge on any atom is -0.497 e. The normalized spacial score (nSPS) is 22.0. The molecule has 0 saturated carbocycles. The van der Waals surface area contributed by atoms with Crippen LogP contribution in [0.1, 0.15) is 17.5 Å². The maximum atomic E-state index is 13.0. The van der Waals surface area contributed by atoms with Crippen LogP contribution >= 0.6 is 15.9 Å². The van der Waals surface area contributed by atoms with Crippen LogP contribution in [0.4, 0.5) is 0 Å². The zero-order valence-electron chi connectivity index (χ0n) is 14.1. The minimum atomic E-state index is -0.0891. The Hall–Kier alpha value is -2.01. The van der Waals surface area contributed by atoms with Crippen molar-refractivity contribution in [1.82, 2.24) is 4.90 Å². The van der Waals surface area contributed by atoms with Crippen molar-refractivity contribution in [1.29, 1.82) is 0 Å². The molecule has 0 N–H and O–H groups in total. The monoisotopic (exact) mass is 401 g/mol. The van der Waals surface area contributed by atoms with E-state index < -0.39 is 0 Å². The van der Waals surface area contributed by atoms with Gasteiger partial charge in [0.05, 0.1) is 13.0 Å². The van der Waals surface area contributed by atoms with Gasteiger partial charge in [0.15, 0.2) is 0 Å². The third-order valence-corrected chi connectivity index (χ3v) is 5.53. The number of rotatable bonds is 3. The number of nitrogens with zero attached hydrogens (tertiary/aromatic N) is 1. The van der Waals surface area contributed by atoms with Gasteiger partial charge in [0.1, 0.15) is 17.6 Å². The summed E-state index contributed by atoms with van der Waals surface area (Å²) in [5, 5.41) is 0. The molecular formula is C20H20BrNO3. The third kappa shape index (κ3) is 3.25. The zero-order valence-corrected chi connectivity index (χ0v) is 15.7. The molecule has 25 heavy (non-hydrogen) atoms. The molecular weight excluding hydrogens is 382 g/mol. The number of halogens is 1. The Morgan fingerprint density at radius 1 is 1.24 bits per heavy atom. The first kappa shape index (κ1) is 16.5. The van der Waals surface area contributed by atoms with Gasteiger partial charge < -0.3 is 14.4 Å². The molecule has 1 saturated heterocycles. The zero-order chi connectivity index (χ0) is 17.4. The molecule has 0 spiro atoms. The molecule has 0 aromatic heterocycles. The van der Waals surface area contributed by atoms with E-state index in [1.165, 1.54) is 0 Å². The molecule has 2 atom stereocenters. The number of ether oxygens (including phenoxy) is 2. The van der Waals surface area contributed by atoms with Gasteiger partial charge in [-0.3, -0.25) is 4.79 Å². The van der Waals surface area contributed by atoms with Crippen LogP contribution in [-0.4, -0.2) is 30.6 Å². The predicted molar refractivity (Wildman–Crippen MR) is 98.8 cm³/mol. The number of benzene rings is 2. The van der Waals surface area contributed by atoms with Crippen LogP contribution in [0.5, 0.6) is 11.5 Å². The van der Waals surface area contributed by atoms with E-state index in [2.05, 4.69) is 22.0 Å². The van der Waals surface area contributed by atoms with Crippen LogP contribution in [0.25, 0.3) is 0 Å². The highest BCUT2D eigenvalue weighted by atomic mass is 79.9. The van der Waals surface area contributed by atoms with Crippen molar-refractivity contribution in [2.75, 3.05) is 13.7 Å². The fourth-order valence-corrected chi connectivity index (χ4v) is 4.09. The number of amides is 1. The van der Waals surface area contributed by atoms with Crippen LogP contribution in [0.3, 0.4) is 0 Å². The number of carbonyl (C=O) groups excluding carboxylic acids is 1. The second kappa shape index (κ2) is 6.71. The molecule has 2 aliphatic heterocycles. The maximum Gasteiger partial charge on any atom is 0.230 e. The number of piperidine rings is 1. The van der Waals surface area contributed by atoms with Crippen LogP contribution in [0, 0.1) is 5.92 Å². The van der Waals surface area contributed by atoms with Gasteiger partial charge in [-0.1, -0.05) is 28.1 Å². The highest BCUT2D eigenvalue weighted by Crippen LogP contribution is 2.37. The smallest absolute Gasteiger partial charge is 0.230 e. The van der Waals surface area contributed by atoms with Crippen molar-refractivity contribution in [3.63, 3.8) is 0 Å². The number of likely N-dealkylation sites (tertiary alicyclic amines) is 1. The Bertz CT molecular complexity index is 790. The summed E-state index contributed by atoms with van der Waals surface area (Å²) >= 11 is 3.50. The number of methoxy groups -OCH3 is 1. The molecule has 0 radical (unpaired) electrons. The van der Waals surface area contributed by atoms with E-state index >= 15 is 0 Å². The van der Waals surface area contributed by atoms with E-state index in [9.17, 15) is 4.79 Å². The van der Waals surface area contributed by atoms with Crippen molar-refractivity contribution in [3.05, 3.63) is 58.1 Å². The molecule has 130 valence electrons. The summed E-state index contributed by atoms with van der Waals surface area (Å²) in [6, 6.07) is 13.9. The fourth-order valence-electron chi connectivity index (χ4n) is 3.68. The molecule has 4 nitrogen and oxygen atoms in total. The van der Waals surface area contributed by atoms with Crippen LogP contribution in [0.2, 0.25) is 0 Å². The Balaban J connectivity index is 1.50. The molecule has 2 heterocycles. The predicted octanol–water partition coefficient (Wildman–Crippen LogP) is 3.81. The quantitative estimate of drug-likeness (QED) is 0.784. The molecule has 1 amide bonds. The Morgan fingerprint density at radius 3 is 2.80 bits per heavy atom. The second-order valence-corrected chi connectivity index (χ2v) is 7.53. The summed E-state index contributed by atoms with van der Waals surface area (Å²) in [5.41, 5.74) is 2.22. The molecule has 2 aromatic carbocycles. The summed E-state index contributed by atoms with van der Waals surface area (Å²) in [5.74, 6) is 1.85. The van der Waals surface area contributed by atoms with Crippen molar-refractivity contribution in [2.45, 2.75) is 25.5 Å². The Labute approximate surface area is 155 Å². The van der Waals surface area contributed by atoms with E-state index in [-0.39, 0.29) is 17.9 Å². The first-order chi connectivity index (χ1) is 12.1. The number of hydrogen-bond donors (Lipinski definition) is 0. The van der Waals surface area contributed by atoms with Crippen LogP contribution in [0.15, 0.2) is 46.9 Å². The van der Waals surface area contributed by atoms with Crippen molar-refractivity contribution in [3.8, 4) is 11.5 Å². The maximum absolute atomic E-state index is 13.0. The second-order valence-electron chi connectivity index (χ2n) is 6.62. The van der Waals surface area contributed by atoms with Crippen LogP contribution < -0.4 is 9.47 Å². The molecule has 2 aromatic rings. The Morgan fingerprint density at radius 2 is 2.04 bits per heavy atom. The standard InChI is InChI=1S/C20H20BrNO3/c1-24-16-5-2-13(3-6-16)12-22-9-8-19-17(20(22)23)11-14-10-15(21)4-7-18(14)25-19/h2-7,10,17,19H,8-9,11-12H2,1H3/t17-,19-/m0/s1. The first-order valence-electron chi connectivity index (χ1n) is 8.51. The lowest BCUT2D eigenvalue weighted by molar-refractivity contribution is -0.145.